The van der Waals surface area contributed by atoms with Crippen LogP contribution in [0.4, 0.5) is 0 Å². The summed E-state index contributed by atoms with van der Waals surface area (Å²) in [5, 5.41) is 0. The molecule has 0 N–H and O–H groups in total. The van der Waals surface area contributed by atoms with Crippen LogP contribution in [0.1, 0.15) is 271 Å². The molecule has 0 fully saturated rings. The van der Waals surface area contributed by atoms with Gasteiger partial charge in [-0.1, -0.05) is 209 Å². The van der Waals surface area contributed by atoms with Crippen molar-refractivity contribution in [3.05, 3.63) is 116 Å². The quantitative estimate of drug-likeness (QED) is 0.0804. The molecule has 5 rings (SSSR count). The van der Waals surface area contributed by atoms with Gasteiger partial charge in [-0.05, 0) is 104 Å². The lowest BCUT2D eigenvalue weighted by Crippen LogP contribution is -2.26. The number of esters is 1. The summed E-state index contributed by atoms with van der Waals surface area (Å²) in [4.78, 5) is 14.7. The Balaban J connectivity index is 1.85. The molecule has 1 aliphatic rings. The zero-order chi connectivity index (χ0) is 52.4. The molecule has 6 heteroatoms. The van der Waals surface area contributed by atoms with Crippen molar-refractivity contribution in [3.8, 4) is 23.0 Å². The fraction of sp³-hybridized carbons (Fsp3) is 0.603. The van der Waals surface area contributed by atoms with E-state index in [0.29, 0.717) is 17.1 Å². The Hall–Kier alpha value is -3.82. The Kier molecular flexibility index (Phi) is 15.7. The van der Waals surface area contributed by atoms with Gasteiger partial charge in [-0.3, -0.25) is 0 Å². The molecule has 0 aromatic heterocycles. The van der Waals surface area contributed by atoms with Crippen LogP contribution in [0.2, 0.25) is 0 Å². The van der Waals surface area contributed by atoms with E-state index in [-0.39, 0.29) is 38.4 Å². The maximum absolute atomic E-state index is 14.7. The minimum Gasteiger partial charge on any atom is -0.423 e. The van der Waals surface area contributed by atoms with E-state index in [1.807, 2.05) is 18.2 Å². The SMILES string of the molecule is CCC(C)(C)c1cc2c(c(C(C)(C)CC)c1)OP(Oc1c(C(C)(C)C)cc(C(=O)Oc3ccc(C(C)(C)C)cc3C(C)(C)C)cc1C(C)(C)C)Oc1c(cc(C(C)(C)CC)cc1C(C)(C)CC)C2C. The van der Waals surface area contributed by atoms with Gasteiger partial charge in [0.25, 0.3) is 0 Å². The van der Waals surface area contributed by atoms with Gasteiger partial charge in [0.05, 0.1) is 5.56 Å². The molecule has 4 aromatic rings. The third kappa shape index (κ3) is 11.8. The molecule has 0 spiro atoms. The number of carbonyl (C=O) groups excluding carboxylic acids is 1. The normalized spacial score (nSPS) is 16.4. The highest BCUT2D eigenvalue weighted by molar-refractivity contribution is 7.43. The van der Waals surface area contributed by atoms with Crippen LogP contribution in [0.15, 0.2) is 54.6 Å². The molecule has 0 aliphatic carbocycles. The Morgan fingerprint density at radius 1 is 0.478 bits per heavy atom. The van der Waals surface area contributed by atoms with E-state index in [9.17, 15) is 4.79 Å². The summed E-state index contributed by atoms with van der Waals surface area (Å²) in [6.07, 6.45) is 3.85. The lowest BCUT2D eigenvalue weighted by atomic mass is 9.72. The Bertz CT molecular complexity index is 2400. The van der Waals surface area contributed by atoms with Gasteiger partial charge >= 0.3 is 14.6 Å². The monoisotopic (exact) mass is 961 g/mol. The molecular weight excluding hydrogens is 868 g/mol. The van der Waals surface area contributed by atoms with Crippen LogP contribution in [-0.4, -0.2) is 5.97 Å². The molecule has 1 aliphatic heterocycles. The van der Waals surface area contributed by atoms with Crippen molar-refractivity contribution in [1.29, 1.82) is 0 Å². The largest absolute Gasteiger partial charge is 0.530 e. The summed E-state index contributed by atoms with van der Waals surface area (Å²) in [5.41, 5.74) is 9.96. The molecule has 0 amide bonds. The maximum atomic E-state index is 14.7. The zero-order valence-electron chi connectivity index (χ0n) is 48.1. The van der Waals surface area contributed by atoms with Gasteiger partial charge < -0.3 is 18.3 Å². The van der Waals surface area contributed by atoms with E-state index in [0.717, 1.165) is 65.0 Å². The van der Waals surface area contributed by atoms with Gasteiger partial charge in [-0.15, -0.1) is 0 Å². The van der Waals surface area contributed by atoms with Gasteiger partial charge in [-0.25, -0.2) is 4.79 Å². The third-order valence-corrected chi connectivity index (χ3v) is 17.0. The van der Waals surface area contributed by atoms with Crippen LogP contribution in [0.5, 0.6) is 23.0 Å². The van der Waals surface area contributed by atoms with Gasteiger partial charge in [0, 0.05) is 44.9 Å². The summed E-state index contributed by atoms with van der Waals surface area (Å²) < 4.78 is 29.0. The number of hydrogen-bond donors (Lipinski definition) is 0. The van der Waals surface area contributed by atoms with E-state index in [1.165, 1.54) is 27.8 Å². The van der Waals surface area contributed by atoms with E-state index in [1.54, 1.807) is 0 Å². The number of hydrogen-bond acceptors (Lipinski definition) is 5. The molecule has 69 heavy (non-hydrogen) atoms. The first-order valence-electron chi connectivity index (χ1n) is 26.1. The molecule has 0 radical (unpaired) electrons. The Morgan fingerprint density at radius 2 is 0.855 bits per heavy atom. The first-order chi connectivity index (χ1) is 31.3. The van der Waals surface area contributed by atoms with Crippen LogP contribution < -0.4 is 18.3 Å². The fourth-order valence-corrected chi connectivity index (χ4v) is 10.1. The topological polar surface area (TPSA) is 54.0 Å². The van der Waals surface area contributed by atoms with Crippen molar-refractivity contribution >= 4 is 14.6 Å². The van der Waals surface area contributed by atoms with E-state index < -0.39 is 25.4 Å². The number of fused-ring (bicyclic) bond motifs is 2. The van der Waals surface area contributed by atoms with Crippen LogP contribution in [0.25, 0.3) is 0 Å². The Labute approximate surface area is 422 Å². The van der Waals surface area contributed by atoms with E-state index in [4.69, 9.17) is 18.3 Å². The van der Waals surface area contributed by atoms with Gasteiger partial charge in [-0.2, -0.15) is 0 Å². The van der Waals surface area contributed by atoms with Crippen LogP contribution in [0.3, 0.4) is 0 Å². The standard InChI is InChI=1S/C63H93O5P/c1-26-60(18,19)42-34-44-39(5)45-35-43(61(20,21)27-2)38-50(63(24,25)29-4)53(45)67-69(66-52(44)49(37-42)62(22,23)28-3)68-54-47(58(12,13)14)32-40(33-48(54)59(15,16)17)55(64)65-51-31-30-41(56(6,7)8)36-46(51)57(9,10)11/h30-39H,26-29H2,1-25H3. The number of ether oxygens (including phenoxy) is 1. The van der Waals surface area contributed by atoms with Gasteiger partial charge in [0.1, 0.15) is 23.0 Å². The third-order valence-electron chi connectivity index (χ3n) is 16.0. The number of benzene rings is 4. The summed E-state index contributed by atoms with van der Waals surface area (Å²) in [7, 11) is -2.14. The second kappa shape index (κ2) is 19.3. The molecule has 0 atom stereocenters. The van der Waals surface area contributed by atoms with Crippen molar-refractivity contribution in [2.45, 2.75) is 248 Å². The van der Waals surface area contributed by atoms with Crippen molar-refractivity contribution in [2.75, 3.05) is 0 Å². The highest BCUT2D eigenvalue weighted by atomic mass is 31.2. The number of rotatable bonds is 12. The second-order valence-electron chi connectivity index (χ2n) is 27.1. The molecule has 0 unspecified atom stereocenters. The first kappa shape index (κ1) is 56.1. The average Bonchev–Trinajstić information content (AvgIpc) is 3.23. The average molecular weight is 961 g/mol. The molecular formula is C63H93O5P. The predicted octanol–water partition coefficient (Wildman–Crippen LogP) is 19.1. The van der Waals surface area contributed by atoms with Crippen molar-refractivity contribution in [3.63, 3.8) is 0 Å². The molecule has 0 bridgehead atoms. The molecule has 0 saturated carbocycles. The highest BCUT2D eigenvalue weighted by Crippen LogP contribution is 2.58. The van der Waals surface area contributed by atoms with E-state index >= 15 is 0 Å². The zero-order valence-corrected chi connectivity index (χ0v) is 49.0. The highest BCUT2D eigenvalue weighted by Gasteiger charge is 2.41. The van der Waals surface area contributed by atoms with Crippen molar-refractivity contribution < 1.29 is 23.1 Å². The molecule has 0 saturated heterocycles. The molecule has 5 nitrogen and oxygen atoms in total. The Morgan fingerprint density at radius 3 is 1.20 bits per heavy atom. The molecule has 1 heterocycles. The van der Waals surface area contributed by atoms with Crippen molar-refractivity contribution in [2.24, 2.45) is 0 Å². The van der Waals surface area contributed by atoms with Crippen LogP contribution in [-0.2, 0) is 43.3 Å². The van der Waals surface area contributed by atoms with Gasteiger partial charge in [0.2, 0.25) is 0 Å². The second-order valence-corrected chi connectivity index (χ2v) is 28.0. The summed E-state index contributed by atoms with van der Waals surface area (Å²) in [6, 6.07) is 19.9. The van der Waals surface area contributed by atoms with Crippen LogP contribution in [0, 0.1) is 0 Å². The minimum atomic E-state index is -2.14. The fourth-order valence-electron chi connectivity index (χ4n) is 8.96. The maximum Gasteiger partial charge on any atom is 0.530 e. The smallest absolute Gasteiger partial charge is 0.423 e. The molecule has 380 valence electrons. The molecule has 4 aromatic carbocycles. The lowest BCUT2D eigenvalue weighted by molar-refractivity contribution is 0.0731. The first-order valence-corrected chi connectivity index (χ1v) is 27.2. The predicted molar refractivity (Wildman–Crippen MR) is 295 cm³/mol. The minimum absolute atomic E-state index is 0.0470. The summed E-state index contributed by atoms with van der Waals surface area (Å²) >= 11 is 0. The van der Waals surface area contributed by atoms with Crippen molar-refractivity contribution in [1.82, 2.24) is 0 Å². The summed E-state index contributed by atoms with van der Waals surface area (Å²) in [6.45, 7) is 56.4. The number of carbonyl (C=O) groups is 1. The van der Waals surface area contributed by atoms with Crippen LogP contribution >= 0.6 is 8.60 Å². The lowest BCUT2D eigenvalue weighted by Gasteiger charge is -2.38. The van der Waals surface area contributed by atoms with Gasteiger partial charge in [0.15, 0.2) is 0 Å². The van der Waals surface area contributed by atoms with E-state index in [2.05, 4.69) is 209 Å². The summed E-state index contributed by atoms with van der Waals surface area (Å²) in [5.74, 6) is 2.50.